The Morgan fingerprint density at radius 2 is 2.16 bits per heavy atom. The summed E-state index contributed by atoms with van der Waals surface area (Å²) in [6, 6.07) is 0.0574. The topological polar surface area (TPSA) is 89.3 Å². The number of hydrogen-bond acceptors (Lipinski definition) is 6. The van der Waals surface area contributed by atoms with Gasteiger partial charge in [0, 0.05) is 19.2 Å². The number of carbonyl (C=O) groups excluding carboxylic acids is 1. The number of nitrogens with zero attached hydrogens (tertiary/aromatic N) is 1. The van der Waals surface area contributed by atoms with Gasteiger partial charge in [-0.05, 0) is 39.2 Å². The lowest BCUT2D eigenvalue weighted by Crippen LogP contribution is -2.31. The number of nitrogens with two attached hydrogens (primary N) is 1. The van der Waals surface area contributed by atoms with Crippen LogP contribution in [0, 0.1) is 0 Å². The molecule has 0 saturated heterocycles. The molecule has 1 unspecified atom stereocenters. The Kier molecular flexibility index (Phi) is 6.04. The van der Waals surface area contributed by atoms with Crippen LogP contribution >= 0.6 is 11.5 Å². The van der Waals surface area contributed by atoms with Crippen LogP contribution < -0.4 is 16.4 Å². The molecule has 0 aromatic carbocycles. The van der Waals surface area contributed by atoms with Crippen molar-refractivity contribution in [3.05, 3.63) is 5.56 Å². The molecule has 0 radical (unpaired) electrons. The highest BCUT2D eigenvalue weighted by Gasteiger charge is 2.20. The second-order valence-corrected chi connectivity index (χ2v) is 5.32. The van der Waals surface area contributed by atoms with E-state index in [0.717, 1.165) is 0 Å². The molecule has 0 aliphatic heterocycles. The Bertz CT molecular complexity index is 420. The average Bonchev–Trinajstić information content (AvgIpc) is 2.67. The highest BCUT2D eigenvalue weighted by molar-refractivity contribution is 7.11. The molecule has 6 nitrogen and oxygen atoms in total. The molecule has 1 amide bonds. The second-order valence-electron chi connectivity index (χ2n) is 4.55. The first-order valence-corrected chi connectivity index (χ1v) is 7.14. The molecule has 0 spiro atoms. The molecule has 4 N–H and O–H groups in total. The Balaban J connectivity index is 2.71. The maximum atomic E-state index is 12.0. The van der Waals surface area contributed by atoms with E-state index in [9.17, 15) is 4.79 Å². The van der Waals surface area contributed by atoms with Gasteiger partial charge in [-0.1, -0.05) is 0 Å². The van der Waals surface area contributed by atoms with Gasteiger partial charge in [0.2, 0.25) is 0 Å². The maximum Gasteiger partial charge on any atom is 0.258 e. The van der Waals surface area contributed by atoms with Crippen LogP contribution in [0.4, 0.5) is 10.8 Å². The Morgan fingerprint density at radius 3 is 2.74 bits per heavy atom. The normalized spacial score (nSPS) is 12.5. The van der Waals surface area contributed by atoms with Crippen molar-refractivity contribution in [1.82, 2.24) is 9.69 Å². The molecule has 19 heavy (non-hydrogen) atoms. The summed E-state index contributed by atoms with van der Waals surface area (Å²) in [5, 5.41) is 6.66. The number of ether oxygens (including phenoxy) is 1. The van der Waals surface area contributed by atoms with E-state index in [2.05, 4.69) is 15.0 Å². The van der Waals surface area contributed by atoms with E-state index >= 15 is 0 Å². The number of nitrogen functional groups attached to an aromatic ring is 1. The van der Waals surface area contributed by atoms with Gasteiger partial charge in [0.1, 0.15) is 10.6 Å². The Labute approximate surface area is 117 Å². The molecule has 0 fully saturated rings. The summed E-state index contributed by atoms with van der Waals surface area (Å²) in [5.74, 6) is 0.0579. The Morgan fingerprint density at radius 1 is 1.47 bits per heavy atom. The van der Waals surface area contributed by atoms with Gasteiger partial charge >= 0.3 is 0 Å². The molecular weight excluding hydrogens is 264 g/mol. The van der Waals surface area contributed by atoms with E-state index in [0.29, 0.717) is 23.7 Å². The lowest BCUT2D eigenvalue weighted by atomic mass is 10.2. The molecule has 0 bridgehead atoms. The summed E-state index contributed by atoms with van der Waals surface area (Å²) in [6.07, 6.45) is 0.0642. The maximum absolute atomic E-state index is 12.0. The molecule has 1 aromatic heterocycles. The fraction of sp³-hybridized carbons (Fsp3) is 0.667. The number of nitrogens with one attached hydrogen (secondary N) is 2. The largest absolute Gasteiger partial charge is 0.382 e. The highest BCUT2D eigenvalue weighted by atomic mass is 32.1. The van der Waals surface area contributed by atoms with Gasteiger partial charge in [-0.15, -0.1) is 0 Å². The fourth-order valence-electron chi connectivity index (χ4n) is 1.56. The second kappa shape index (κ2) is 7.30. The quantitative estimate of drug-likeness (QED) is 0.710. The third-order valence-corrected chi connectivity index (χ3v) is 3.19. The van der Waals surface area contributed by atoms with Crippen LogP contribution in [0.2, 0.25) is 0 Å². The van der Waals surface area contributed by atoms with Crippen LogP contribution in [0.5, 0.6) is 0 Å². The predicted octanol–water partition coefficient (Wildman–Crippen LogP) is 1.70. The molecule has 1 rings (SSSR count). The summed E-state index contributed by atoms with van der Waals surface area (Å²) in [6.45, 7) is 8.99. The van der Waals surface area contributed by atoms with Gasteiger partial charge in [-0.3, -0.25) is 4.79 Å². The van der Waals surface area contributed by atoms with Gasteiger partial charge in [0.25, 0.3) is 5.91 Å². The molecule has 7 heteroatoms. The van der Waals surface area contributed by atoms with Crippen LogP contribution in [-0.2, 0) is 4.74 Å². The fourth-order valence-corrected chi connectivity index (χ4v) is 2.27. The molecule has 1 heterocycles. The summed E-state index contributed by atoms with van der Waals surface area (Å²) in [7, 11) is 0. The first-order chi connectivity index (χ1) is 8.95. The summed E-state index contributed by atoms with van der Waals surface area (Å²) < 4.78 is 9.45. The zero-order valence-corrected chi connectivity index (χ0v) is 12.6. The SMILES string of the molecule is CCOC(C)CNc1snc(N)c1C(=O)NC(C)C. The summed E-state index contributed by atoms with van der Waals surface area (Å²) >= 11 is 1.19. The first kappa shape index (κ1) is 15.7. The number of amides is 1. The molecular formula is C12H22N4O2S. The van der Waals surface area contributed by atoms with Crippen molar-refractivity contribution in [2.24, 2.45) is 0 Å². The van der Waals surface area contributed by atoms with Crippen molar-refractivity contribution in [3.63, 3.8) is 0 Å². The van der Waals surface area contributed by atoms with Gasteiger partial charge in [-0.2, -0.15) is 4.37 Å². The number of carbonyl (C=O) groups is 1. The van der Waals surface area contributed by atoms with Crippen LogP contribution in [0.1, 0.15) is 38.1 Å². The van der Waals surface area contributed by atoms with E-state index in [1.807, 2.05) is 27.7 Å². The summed E-state index contributed by atoms with van der Waals surface area (Å²) in [4.78, 5) is 12.0. The van der Waals surface area contributed by atoms with Crippen LogP contribution in [0.3, 0.4) is 0 Å². The molecule has 1 atom stereocenters. The van der Waals surface area contributed by atoms with Crippen molar-refractivity contribution < 1.29 is 9.53 Å². The minimum Gasteiger partial charge on any atom is -0.382 e. The monoisotopic (exact) mass is 286 g/mol. The number of aromatic nitrogens is 1. The lowest BCUT2D eigenvalue weighted by molar-refractivity contribution is 0.0854. The van der Waals surface area contributed by atoms with E-state index in [1.165, 1.54) is 11.5 Å². The van der Waals surface area contributed by atoms with E-state index in [4.69, 9.17) is 10.5 Å². The van der Waals surface area contributed by atoms with Gasteiger partial charge in [-0.25, -0.2) is 0 Å². The average molecular weight is 286 g/mol. The molecule has 1 aromatic rings. The minimum absolute atomic E-state index is 0.0574. The standard InChI is InChI=1S/C12H22N4O2S/c1-5-18-8(4)6-14-12-9(10(13)16-19-12)11(17)15-7(2)3/h7-8,14H,5-6H2,1-4H3,(H2,13,16)(H,15,17). The van der Waals surface area contributed by atoms with Crippen molar-refractivity contribution >= 4 is 28.3 Å². The van der Waals surface area contributed by atoms with Gasteiger partial charge < -0.3 is 21.1 Å². The predicted molar refractivity (Wildman–Crippen MR) is 78.7 cm³/mol. The van der Waals surface area contributed by atoms with Crippen LogP contribution in [0.25, 0.3) is 0 Å². The summed E-state index contributed by atoms with van der Waals surface area (Å²) in [5.41, 5.74) is 6.17. The minimum atomic E-state index is -0.201. The van der Waals surface area contributed by atoms with Gasteiger partial charge in [0.15, 0.2) is 5.82 Å². The third-order valence-electron chi connectivity index (χ3n) is 2.37. The molecule has 0 saturated carbocycles. The van der Waals surface area contributed by atoms with E-state index in [1.54, 1.807) is 0 Å². The van der Waals surface area contributed by atoms with Crippen molar-refractivity contribution in [1.29, 1.82) is 0 Å². The molecule has 0 aliphatic carbocycles. The smallest absolute Gasteiger partial charge is 0.258 e. The lowest BCUT2D eigenvalue weighted by Gasteiger charge is -2.14. The Hall–Kier alpha value is -1.34. The zero-order chi connectivity index (χ0) is 14.4. The highest BCUT2D eigenvalue weighted by Crippen LogP contribution is 2.26. The van der Waals surface area contributed by atoms with Crippen molar-refractivity contribution in [2.45, 2.75) is 39.8 Å². The zero-order valence-electron chi connectivity index (χ0n) is 11.8. The number of hydrogen-bond donors (Lipinski definition) is 3. The van der Waals surface area contributed by atoms with Crippen molar-refractivity contribution in [2.75, 3.05) is 24.2 Å². The van der Waals surface area contributed by atoms with E-state index in [-0.39, 0.29) is 23.9 Å². The number of rotatable bonds is 7. The molecule has 0 aliphatic rings. The van der Waals surface area contributed by atoms with E-state index < -0.39 is 0 Å². The van der Waals surface area contributed by atoms with Crippen molar-refractivity contribution in [3.8, 4) is 0 Å². The van der Waals surface area contributed by atoms with Gasteiger partial charge in [0.05, 0.1) is 6.10 Å². The number of anilines is 2. The first-order valence-electron chi connectivity index (χ1n) is 6.37. The van der Waals surface area contributed by atoms with Crippen LogP contribution in [-0.4, -0.2) is 35.6 Å². The van der Waals surface area contributed by atoms with Crippen LogP contribution in [0.15, 0.2) is 0 Å². The molecule has 108 valence electrons. The third kappa shape index (κ3) is 4.68.